The van der Waals surface area contributed by atoms with Crippen LogP contribution in [0.2, 0.25) is 0 Å². The van der Waals surface area contributed by atoms with Gasteiger partial charge < -0.3 is 5.73 Å². The van der Waals surface area contributed by atoms with Gasteiger partial charge in [0, 0.05) is 11.8 Å². The average molecular weight is 168 g/mol. The summed E-state index contributed by atoms with van der Waals surface area (Å²) in [4.78, 5) is 3.57. The predicted molar refractivity (Wildman–Crippen MR) is 46.3 cm³/mol. The number of aromatic nitrogens is 1. The van der Waals surface area contributed by atoms with Gasteiger partial charge in [-0.2, -0.15) is 4.39 Å². The van der Waals surface area contributed by atoms with Crippen molar-refractivity contribution < 1.29 is 4.39 Å². The van der Waals surface area contributed by atoms with Gasteiger partial charge >= 0.3 is 0 Å². The highest BCUT2D eigenvalue weighted by atomic mass is 19.1. The normalized spacial score (nSPS) is 12.9. The fourth-order valence-electron chi connectivity index (χ4n) is 1.17. The van der Waals surface area contributed by atoms with Crippen molar-refractivity contribution in [2.24, 2.45) is 5.73 Å². The highest BCUT2D eigenvalue weighted by Gasteiger charge is 2.09. The number of nitrogens with zero attached hydrogens (tertiary/aromatic N) is 1. The maximum Gasteiger partial charge on any atom is 0.216 e. The number of hydrogen-bond acceptors (Lipinski definition) is 2. The van der Waals surface area contributed by atoms with Gasteiger partial charge in [-0.05, 0) is 24.9 Å². The molecule has 2 N–H and O–H groups in total. The highest BCUT2D eigenvalue weighted by molar-refractivity contribution is 5.15. The first kappa shape index (κ1) is 9.13. The van der Waals surface area contributed by atoms with Crippen molar-refractivity contribution in [3.63, 3.8) is 0 Å². The number of pyridine rings is 1. The molecule has 1 aromatic heterocycles. The van der Waals surface area contributed by atoms with Crippen LogP contribution in [-0.2, 0) is 0 Å². The molecule has 0 saturated heterocycles. The smallest absolute Gasteiger partial charge is 0.216 e. The lowest BCUT2D eigenvalue weighted by Gasteiger charge is -2.09. The Hall–Kier alpha value is -0.960. The van der Waals surface area contributed by atoms with Crippen molar-refractivity contribution in [1.82, 2.24) is 4.98 Å². The van der Waals surface area contributed by atoms with Crippen LogP contribution in [0.3, 0.4) is 0 Å². The van der Waals surface area contributed by atoms with E-state index < -0.39 is 0 Å². The van der Waals surface area contributed by atoms with Gasteiger partial charge in [0.05, 0.1) is 0 Å². The molecule has 0 aliphatic heterocycles. The van der Waals surface area contributed by atoms with Crippen LogP contribution >= 0.6 is 0 Å². The fourth-order valence-corrected chi connectivity index (χ4v) is 1.17. The summed E-state index contributed by atoms with van der Waals surface area (Å²) in [6, 6.07) is 3.49. The van der Waals surface area contributed by atoms with Gasteiger partial charge in [0.25, 0.3) is 0 Å². The zero-order chi connectivity index (χ0) is 8.97. The fraction of sp³-hybridized carbons (Fsp3) is 0.444. The van der Waals surface area contributed by atoms with E-state index in [0.717, 1.165) is 6.42 Å². The minimum absolute atomic E-state index is 0.156. The van der Waals surface area contributed by atoms with Crippen molar-refractivity contribution in [1.29, 1.82) is 0 Å². The van der Waals surface area contributed by atoms with Crippen LogP contribution in [0, 0.1) is 5.95 Å². The number of hydrogen-bond donors (Lipinski definition) is 1. The van der Waals surface area contributed by atoms with Gasteiger partial charge in [0.2, 0.25) is 5.95 Å². The van der Waals surface area contributed by atoms with Crippen molar-refractivity contribution >= 4 is 0 Å². The maximum atomic E-state index is 13.0. The van der Waals surface area contributed by atoms with E-state index in [0.29, 0.717) is 12.1 Å². The molecule has 0 radical (unpaired) electrons. The van der Waals surface area contributed by atoms with E-state index in [-0.39, 0.29) is 11.9 Å². The molecular weight excluding hydrogens is 155 g/mol. The van der Waals surface area contributed by atoms with E-state index in [9.17, 15) is 4.39 Å². The number of halogens is 1. The van der Waals surface area contributed by atoms with E-state index >= 15 is 0 Å². The highest BCUT2D eigenvalue weighted by Crippen LogP contribution is 2.19. The molecule has 1 aromatic rings. The topological polar surface area (TPSA) is 38.9 Å². The Morgan fingerprint density at radius 3 is 3.00 bits per heavy atom. The Balaban J connectivity index is 2.79. The van der Waals surface area contributed by atoms with Crippen LogP contribution in [0.25, 0.3) is 0 Å². The summed E-state index contributed by atoms with van der Waals surface area (Å²) >= 11 is 0. The van der Waals surface area contributed by atoms with Crippen LogP contribution in [0.5, 0.6) is 0 Å². The minimum atomic E-state index is -0.376. The molecule has 1 unspecified atom stereocenters. The summed E-state index contributed by atoms with van der Waals surface area (Å²) in [7, 11) is 0. The molecule has 0 fully saturated rings. The summed E-state index contributed by atoms with van der Waals surface area (Å²) in [6.07, 6.45) is 2.25. The van der Waals surface area contributed by atoms with Gasteiger partial charge in [-0.1, -0.05) is 13.0 Å². The van der Waals surface area contributed by atoms with E-state index in [1.165, 1.54) is 6.20 Å². The lowest BCUT2D eigenvalue weighted by molar-refractivity contribution is 0.541. The molecule has 1 rings (SSSR count). The first-order chi connectivity index (χ1) is 5.75. The van der Waals surface area contributed by atoms with E-state index in [2.05, 4.69) is 4.98 Å². The molecule has 0 aromatic carbocycles. The Morgan fingerprint density at radius 2 is 2.42 bits per heavy atom. The predicted octanol–water partition coefficient (Wildman–Crippen LogP) is 1.67. The minimum Gasteiger partial charge on any atom is -0.330 e. The van der Waals surface area contributed by atoms with Crippen molar-refractivity contribution in [3.8, 4) is 0 Å². The third-order valence-corrected chi connectivity index (χ3v) is 1.92. The lowest BCUT2D eigenvalue weighted by Crippen LogP contribution is -2.06. The van der Waals surface area contributed by atoms with Crippen LogP contribution in [0.1, 0.15) is 24.8 Å². The average Bonchev–Trinajstić information content (AvgIpc) is 2.05. The third kappa shape index (κ3) is 2.01. The van der Waals surface area contributed by atoms with Crippen molar-refractivity contribution in [2.45, 2.75) is 19.3 Å². The molecule has 2 nitrogen and oxygen atoms in total. The molecule has 0 bridgehead atoms. The Kier molecular flexibility index (Phi) is 3.17. The Labute approximate surface area is 71.6 Å². The second-order valence-electron chi connectivity index (χ2n) is 2.86. The monoisotopic (exact) mass is 168 g/mol. The first-order valence-electron chi connectivity index (χ1n) is 4.06. The molecule has 1 atom stereocenters. The SMILES string of the molecule is CC(CCN)c1cccnc1F. The van der Waals surface area contributed by atoms with E-state index in [1.807, 2.05) is 6.92 Å². The lowest BCUT2D eigenvalue weighted by atomic mass is 9.99. The number of rotatable bonds is 3. The van der Waals surface area contributed by atoms with Crippen LogP contribution in [0.15, 0.2) is 18.3 Å². The molecular formula is C9H13FN2. The molecule has 12 heavy (non-hydrogen) atoms. The van der Waals surface area contributed by atoms with Crippen LogP contribution < -0.4 is 5.73 Å². The molecule has 66 valence electrons. The summed E-state index contributed by atoms with van der Waals surface area (Å²) in [5.41, 5.74) is 6.03. The summed E-state index contributed by atoms with van der Waals surface area (Å²) in [5.74, 6) is -0.220. The second-order valence-corrected chi connectivity index (χ2v) is 2.86. The largest absolute Gasteiger partial charge is 0.330 e. The molecule has 3 heteroatoms. The molecule has 0 amide bonds. The molecule has 0 saturated carbocycles. The standard InChI is InChI=1S/C9H13FN2/c1-7(4-5-11)8-3-2-6-12-9(8)10/h2-3,6-7H,4-5,11H2,1H3. The summed E-state index contributed by atoms with van der Waals surface area (Å²) in [5, 5.41) is 0. The van der Waals surface area contributed by atoms with Gasteiger partial charge in [-0.25, -0.2) is 4.98 Å². The van der Waals surface area contributed by atoms with Crippen LogP contribution in [0.4, 0.5) is 4.39 Å². The second kappa shape index (κ2) is 4.16. The Morgan fingerprint density at radius 1 is 1.67 bits per heavy atom. The van der Waals surface area contributed by atoms with Gasteiger partial charge in [0.1, 0.15) is 0 Å². The summed E-state index contributed by atoms with van der Waals surface area (Å²) in [6.45, 7) is 2.53. The Bertz CT molecular complexity index is 250. The summed E-state index contributed by atoms with van der Waals surface area (Å²) < 4.78 is 13.0. The maximum absolute atomic E-state index is 13.0. The molecule has 0 aliphatic carbocycles. The zero-order valence-corrected chi connectivity index (χ0v) is 7.13. The van der Waals surface area contributed by atoms with Crippen molar-refractivity contribution in [3.05, 3.63) is 29.8 Å². The quantitative estimate of drug-likeness (QED) is 0.697. The zero-order valence-electron chi connectivity index (χ0n) is 7.13. The van der Waals surface area contributed by atoms with Gasteiger partial charge in [0.15, 0.2) is 0 Å². The molecule has 0 aliphatic rings. The third-order valence-electron chi connectivity index (χ3n) is 1.92. The molecule has 0 spiro atoms. The van der Waals surface area contributed by atoms with E-state index in [1.54, 1.807) is 12.1 Å². The number of nitrogens with two attached hydrogens (primary N) is 1. The van der Waals surface area contributed by atoms with Gasteiger partial charge in [-0.15, -0.1) is 0 Å². The van der Waals surface area contributed by atoms with Crippen LogP contribution in [-0.4, -0.2) is 11.5 Å². The van der Waals surface area contributed by atoms with Crippen molar-refractivity contribution in [2.75, 3.05) is 6.54 Å². The van der Waals surface area contributed by atoms with Gasteiger partial charge in [-0.3, -0.25) is 0 Å². The first-order valence-corrected chi connectivity index (χ1v) is 4.06. The molecule has 1 heterocycles. The van der Waals surface area contributed by atoms with E-state index in [4.69, 9.17) is 5.73 Å².